The first-order valence-corrected chi connectivity index (χ1v) is 11.4. The van der Waals surface area contributed by atoms with Crippen LogP contribution in [0.25, 0.3) is 22.5 Å². The Labute approximate surface area is 206 Å². The van der Waals surface area contributed by atoms with Crippen LogP contribution in [-0.2, 0) is 17.7 Å². The predicted molar refractivity (Wildman–Crippen MR) is 132 cm³/mol. The number of carboxylic acid groups (broad SMARTS) is 1. The van der Waals surface area contributed by atoms with Gasteiger partial charge in [0, 0.05) is 24.2 Å². The molecule has 2 heterocycles. The number of aromatic carboxylic acids is 1. The highest BCUT2D eigenvalue weighted by Crippen LogP contribution is 2.30. The Morgan fingerprint density at radius 1 is 1.06 bits per heavy atom. The van der Waals surface area contributed by atoms with Gasteiger partial charge in [0.05, 0.1) is 12.7 Å². The van der Waals surface area contributed by atoms with Crippen LogP contribution in [0.5, 0.6) is 0 Å². The summed E-state index contributed by atoms with van der Waals surface area (Å²) in [4.78, 5) is 37.3. The molecular formula is C26H25N5O5. The van der Waals surface area contributed by atoms with E-state index in [1.54, 1.807) is 0 Å². The van der Waals surface area contributed by atoms with Gasteiger partial charge in [-0.15, -0.1) is 5.10 Å². The highest BCUT2D eigenvalue weighted by Gasteiger charge is 2.23. The highest BCUT2D eigenvalue weighted by atomic mass is 16.5. The smallest absolute Gasteiger partial charge is 0.341 e. The molecule has 0 spiro atoms. The summed E-state index contributed by atoms with van der Waals surface area (Å²) in [5.74, 6) is -1.52. The second kappa shape index (κ2) is 10.8. The Hall–Kier alpha value is -4.60. The maximum absolute atomic E-state index is 13.0. The lowest BCUT2D eigenvalue weighted by atomic mass is 9.96. The number of hydrogen-bond donors (Lipinski definition) is 2. The van der Waals surface area contributed by atoms with E-state index >= 15 is 0 Å². The van der Waals surface area contributed by atoms with Gasteiger partial charge in [0.15, 0.2) is 5.82 Å². The predicted octanol–water partition coefficient (Wildman–Crippen LogP) is 3.57. The monoisotopic (exact) mass is 487 g/mol. The minimum absolute atomic E-state index is 0.0674. The molecule has 0 aliphatic rings. The van der Waals surface area contributed by atoms with Crippen LogP contribution in [0.1, 0.15) is 51.7 Å². The summed E-state index contributed by atoms with van der Waals surface area (Å²) < 4.78 is 6.30. The topological polar surface area (TPSA) is 140 Å². The van der Waals surface area contributed by atoms with Crippen molar-refractivity contribution < 1.29 is 19.4 Å². The third kappa shape index (κ3) is 4.92. The number of aromatic amines is 1. The van der Waals surface area contributed by atoms with Crippen molar-refractivity contribution in [2.24, 2.45) is 0 Å². The molecule has 4 rings (SSSR count). The number of benzene rings is 2. The average Bonchev–Trinajstić information content (AvgIpc) is 3.43. The average molecular weight is 488 g/mol. The molecule has 4 aromatic rings. The maximum atomic E-state index is 13.0. The normalized spacial score (nSPS) is 10.8. The summed E-state index contributed by atoms with van der Waals surface area (Å²) in [5, 5.41) is 23.6. The number of unbranched alkanes of at least 4 members (excludes halogenated alkanes) is 1. The van der Waals surface area contributed by atoms with Crippen LogP contribution in [0.4, 0.5) is 0 Å². The molecule has 0 saturated carbocycles. The van der Waals surface area contributed by atoms with E-state index < -0.39 is 23.1 Å². The van der Waals surface area contributed by atoms with Crippen molar-refractivity contribution in [2.45, 2.75) is 32.7 Å². The molecule has 2 aromatic heterocycles. The van der Waals surface area contributed by atoms with E-state index in [4.69, 9.17) is 4.74 Å². The minimum Gasteiger partial charge on any atom is -0.477 e. The standard InChI is InChI=1S/C26H25N5O5/c1-3-4-13-31-22(20(26(35)36-2)15-21(24(31)32)25(33)34)14-16-9-11-17(12-10-16)18-7-5-6-8-19(18)23-27-29-30-28-23/h5-12,15H,3-4,13-14H2,1-2H3,(H,33,34)(H,27,28,29,30). The summed E-state index contributed by atoms with van der Waals surface area (Å²) in [6.07, 6.45) is 1.70. The molecule has 0 bridgehead atoms. The molecule has 0 fully saturated rings. The van der Waals surface area contributed by atoms with Crippen LogP contribution < -0.4 is 5.56 Å². The molecule has 0 amide bonds. The van der Waals surface area contributed by atoms with Crippen molar-refractivity contribution in [3.8, 4) is 22.5 Å². The van der Waals surface area contributed by atoms with Gasteiger partial charge in [-0.05, 0) is 39.6 Å². The minimum atomic E-state index is -1.38. The quantitative estimate of drug-likeness (QED) is 0.342. The Morgan fingerprint density at radius 2 is 1.78 bits per heavy atom. The maximum Gasteiger partial charge on any atom is 0.341 e. The number of tetrazole rings is 1. The number of nitrogens with zero attached hydrogens (tertiary/aromatic N) is 4. The third-order valence-corrected chi connectivity index (χ3v) is 5.94. The van der Waals surface area contributed by atoms with Crippen molar-refractivity contribution >= 4 is 11.9 Å². The number of carboxylic acids is 1. The van der Waals surface area contributed by atoms with Crippen molar-refractivity contribution in [3.63, 3.8) is 0 Å². The third-order valence-electron chi connectivity index (χ3n) is 5.94. The van der Waals surface area contributed by atoms with E-state index in [1.165, 1.54) is 11.7 Å². The Bertz CT molecular complexity index is 1440. The molecule has 0 unspecified atom stereocenters. The van der Waals surface area contributed by atoms with Crippen LogP contribution in [-0.4, -0.2) is 49.3 Å². The molecule has 10 nitrogen and oxygen atoms in total. The second-order valence-corrected chi connectivity index (χ2v) is 8.19. The van der Waals surface area contributed by atoms with Crippen LogP contribution in [0.2, 0.25) is 0 Å². The first-order valence-electron chi connectivity index (χ1n) is 11.4. The number of ether oxygens (including phenoxy) is 1. The van der Waals surface area contributed by atoms with Crippen LogP contribution in [0.3, 0.4) is 0 Å². The first kappa shape index (κ1) is 24.5. The number of rotatable bonds is 9. The van der Waals surface area contributed by atoms with Gasteiger partial charge in [-0.3, -0.25) is 4.79 Å². The lowest BCUT2D eigenvalue weighted by Crippen LogP contribution is -2.32. The molecule has 0 radical (unpaired) electrons. The van der Waals surface area contributed by atoms with E-state index in [0.29, 0.717) is 24.5 Å². The first-order chi connectivity index (χ1) is 17.4. The number of pyridine rings is 1. The van der Waals surface area contributed by atoms with Crippen molar-refractivity contribution in [3.05, 3.63) is 87.3 Å². The number of methoxy groups -OCH3 is 1. The number of aromatic nitrogens is 5. The number of hydrogen-bond acceptors (Lipinski definition) is 7. The molecule has 0 aliphatic heterocycles. The van der Waals surface area contributed by atoms with Crippen molar-refractivity contribution in [1.82, 2.24) is 25.2 Å². The van der Waals surface area contributed by atoms with E-state index in [-0.39, 0.29) is 12.0 Å². The van der Waals surface area contributed by atoms with E-state index in [9.17, 15) is 19.5 Å². The number of esters is 1. The number of nitrogens with one attached hydrogen (secondary N) is 1. The van der Waals surface area contributed by atoms with Crippen molar-refractivity contribution in [1.29, 1.82) is 0 Å². The van der Waals surface area contributed by atoms with Gasteiger partial charge >= 0.3 is 11.9 Å². The van der Waals surface area contributed by atoms with Gasteiger partial charge in [-0.1, -0.05) is 61.9 Å². The number of carbonyl (C=O) groups is 2. The molecule has 36 heavy (non-hydrogen) atoms. The zero-order valence-corrected chi connectivity index (χ0v) is 19.9. The Morgan fingerprint density at radius 3 is 2.39 bits per heavy atom. The Kier molecular flexibility index (Phi) is 7.33. The highest BCUT2D eigenvalue weighted by molar-refractivity contribution is 5.95. The molecule has 0 saturated heterocycles. The van der Waals surface area contributed by atoms with Crippen LogP contribution in [0, 0.1) is 0 Å². The van der Waals surface area contributed by atoms with E-state index in [0.717, 1.165) is 34.7 Å². The molecule has 0 aliphatic carbocycles. The summed E-state index contributed by atoms with van der Waals surface area (Å²) in [7, 11) is 1.23. The largest absolute Gasteiger partial charge is 0.477 e. The second-order valence-electron chi connectivity index (χ2n) is 8.19. The Balaban J connectivity index is 1.75. The SMILES string of the molecule is CCCCn1c(Cc2ccc(-c3ccccc3-c3nnn[nH]3)cc2)c(C(=O)OC)cc(C(=O)O)c1=O. The lowest BCUT2D eigenvalue weighted by molar-refractivity contribution is 0.0598. The van der Waals surface area contributed by atoms with Gasteiger partial charge < -0.3 is 14.4 Å². The van der Waals surface area contributed by atoms with Gasteiger partial charge in [-0.25, -0.2) is 14.7 Å². The van der Waals surface area contributed by atoms with E-state index in [1.807, 2.05) is 55.5 Å². The fourth-order valence-electron chi connectivity index (χ4n) is 4.10. The molecule has 0 atom stereocenters. The summed E-state index contributed by atoms with van der Waals surface area (Å²) in [6, 6.07) is 16.5. The lowest BCUT2D eigenvalue weighted by Gasteiger charge is -2.18. The van der Waals surface area contributed by atoms with Gasteiger partial charge in [0.2, 0.25) is 0 Å². The number of carbonyl (C=O) groups excluding carboxylic acids is 1. The summed E-state index contributed by atoms with van der Waals surface area (Å²) in [5.41, 5.74) is 2.96. The fourth-order valence-corrected chi connectivity index (χ4v) is 4.10. The number of H-pyrrole nitrogens is 1. The van der Waals surface area contributed by atoms with Crippen molar-refractivity contribution in [2.75, 3.05) is 7.11 Å². The molecule has 10 heteroatoms. The van der Waals surface area contributed by atoms with E-state index in [2.05, 4.69) is 20.6 Å². The summed E-state index contributed by atoms with van der Waals surface area (Å²) in [6.45, 7) is 2.27. The molecule has 184 valence electrons. The summed E-state index contributed by atoms with van der Waals surface area (Å²) >= 11 is 0. The molecule has 2 N–H and O–H groups in total. The van der Waals surface area contributed by atoms with Crippen LogP contribution >= 0.6 is 0 Å². The van der Waals surface area contributed by atoms with Crippen LogP contribution in [0.15, 0.2) is 59.4 Å². The molecular weight excluding hydrogens is 462 g/mol. The van der Waals surface area contributed by atoms with Gasteiger partial charge in [-0.2, -0.15) is 0 Å². The van der Waals surface area contributed by atoms with Gasteiger partial charge in [0.1, 0.15) is 5.56 Å². The zero-order chi connectivity index (χ0) is 25.7. The van der Waals surface area contributed by atoms with Gasteiger partial charge in [0.25, 0.3) is 5.56 Å². The zero-order valence-electron chi connectivity index (χ0n) is 19.9. The fraction of sp³-hybridized carbons (Fsp3) is 0.231. The molecule has 2 aromatic carbocycles.